The molecule has 8 rings (SSSR count). The molecular weight excluding hydrogens is 1050 g/mol. The van der Waals surface area contributed by atoms with Crippen molar-refractivity contribution in [2.75, 3.05) is 0 Å². The molecule has 74 heavy (non-hydrogen) atoms. The zero-order valence-corrected chi connectivity index (χ0v) is 40.1. The SMILES string of the molecule is O[B]Oc1ccc(F)cc1.[C-]#[N+]c1ccc(CC(=O)[C@@](C)(O)Cn2nnc3cc(-c4ccc(F)cc4)ccc32)cc1C(F)(F)F.[C-]#[N+]c1ccc(CC(=O)[C@@](C)(O)Cn2nnc3cc(Br)ccc32)cc1C(F)(F)F. The monoisotopic (exact) mass is 1090 g/mol. The van der Waals surface area contributed by atoms with E-state index in [1.807, 2.05) is 0 Å². The van der Waals surface area contributed by atoms with Crippen LogP contribution in [0.3, 0.4) is 0 Å². The van der Waals surface area contributed by atoms with Gasteiger partial charge in [0.25, 0.3) is 0 Å². The minimum atomic E-state index is -4.74. The van der Waals surface area contributed by atoms with Crippen molar-refractivity contribution in [3.8, 4) is 16.9 Å². The highest BCUT2D eigenvalue weighted by Gasteiger charge is 2.37. The quantitative estimate of drug-likeness (QED) is 0.0573. The van der Waals surface area contributed by atoms with E-state index in [2.05, 4.69) is 50.9 Å². The Bertz CT molecular complexity index is 3410. The molecule has 2 heterocycles. The number of halogens is 9. The number of benzene rings is 6. The first-order chi connectivity index (χ1) is 34.8. The van der Waals surface area contributed by atoms with E-state index in [0.717, 1.165) is 39.9 Å². The Balaban J connectivity index is 0.000000205. The van der Waals surface area contributed by atoms with Crippen molar-refractivity contribution >= 4 is 68.6 Å². The number of carbonyl (C=O) groups excluding carboxylic acids is 2. The molecule has 8 aromatic rings. The number of fused-ring (bicyclic) bond motifs is 2. The number of ketones is 2. The molecular formula is C50H37BBrF8N8O6. The van der Waals surface area contributed by atoms with Crippen molar-refractivity contribution in [2.24, 2.45) is 0 Å². The highest BCUT2D eigenvalue weighted by atomic mass is 79.9. The molecule has 2 aromatic heterocycles. The molecule has 0 aliphatic carbocycles. The summed E-state index contributed by atoms with van der Waals surface area (Å²) in [6.45, 7) is 15.8. The van der Waals surface area contributed by atoms with Crippen molar-refractivity contribution in [3.63, 3.8) is 0 Å². The van der Waals surface area contributed by atoms with Crippen molar-refractivity contribution in [1.82, 2.24) is 30.0 Å². The maximum atomic E-state index is 13.2. The van der Waals surface area contributed by atoms with Crippen molar-refractivity contribution in [3.05, 3.63) is 183 Å². The van der Waals surface area contributed by atoms with Crippen LogP contribution < -0.4 is 4.65 Å². The van der Waals surface area contributed by atoms with Gasteiger partial charge in [0.2, 0.25) is 0 Å². The molecule has 2 atom stereocenters. The van der Waals surface area contributed by atoms with E-state index in [0.29, 0.717) is 35.5 Å². The minimum Gasteiger partial charge on any atom is -0.537 e. The number of hydrogen-bond acceptors (Lipinski definition) is 10. The van der Waals surface area contributed by atoms with E-state index in [1.165, 1.54) is 71.7 Å². The molecule has 0 saturated carbocycles. The summed E-state index contributed by atoms with van der Waals surface area (Å²) in [6, 6.07) is 27.8. The first-order valence-electron chi connectivity index (χ1n) is 21.4. The number of aliphatic hydroxyl groups is 2. The second-order valence-corrected chi connectivity index (χ2v) is 17.6. The summed E-state index contributed by atoms with van der Waals surface area (Å²) in [5.41, 5.74) is -3.36. The van der Waals surface area contributed by atoms with Gasteiger partial charge in [0.15, 0.2) is 22.9 Å². The smallest absolute Gasteiger partial charge is 0.537 e. The third-order valence-corrected chi connectivity index (χ3v) is 11.5. The number of rotatable bonds is 13. The first-order valence-corrected chi connectivity index (χ1v) is 22.2. The summed E-state index contributed by atoms with van der Waals surface area (Å²) < 4.78 is 112. The van der Waals surface area contributed by atoms with Gasteiger partial charge in [0, 0.05) is 17.3 Å². The van der Waals surface area contributed by atoms with Crippen LogP contribution in [-0.2, 0) is 47.9 Å². The number of alkyl halides is 6. The zero-order chi connectivity index (χ0) is 54.2. The Morgan fingerprint density at radius 2 is 1.04 bits per heavy atom. The second kappa shape index (κ2) is 22.9. The normalized spacial score (nSPS) is 13.0. The molecule has 0 bridgehead atoms. The average Bonchev–Trinajstić information content (AvgIpc) is 3.93. The lowest BCUT2D eigenvalue weighted by molar-refractivity contribution is -0.138. The van der Waals surface area contributed by atoms with Crippen LogP contribution in [0.5, 0.6) is 5.75 Å². The topological polar surface area (TPSA) is 174 Å². The standard InChI is InChI=1S/C25H18F4N4O2.C19H14BrF3N4O2.C6H5BFO2/c1-24(35,23(34)12-15-3-9-20(30-2)19(11-15)25(27,28)29)14-33-22-10-6-17(13-21(22)31-32-33)16-4-7-18(26)8-5-16;1-18(29,10-27-16-6-4-12(20)9-15(16)25-26-27)17(28)8-11-3-5-14(24-2)13(7-11)19(21,22)23;8-5-1-3-6(4-2-5)10-7-9/h3-11,13,35H,12,14H2,1H3;3-7,9,29H,8,10H2,1H3;1-4,9H/t24-;18-;/m00./s1. The molecule has 24 heteroatoms. The molecule has 379 valence electrons. The van der Waals surface area contributed by atoms with E-state index in [4.69, 9.17) is 18.2 Å². The summed E-state index contributed by atoms with van der Waals surface area (Å²) in [6.07, 6.45) is -10.3. The van der Waals surface area contributed by atoms with Crippen LogP contribution in [0.2, 0.25) is 0 Å². The summed E-state index contributed by atoms with van der Waals surface area (Å²) in [4.78, 5) is 31.1. The highest BCUT2D eigenvalue weighted by molar-refractivity contribution is 9.10. The van der Waals surface area contributed by atoms with Crippen molar-refractivity contribution < 1.29 is 64.6 Å². The maximum Gasteiger partial charge on any atom is 0.569 e. The Morgan fingerprint density at radius 1 is 0.622 bits per heavy atom. The number of hydrogen-bond donors (Lipinski definition) is 3. The zero-order valence-electron chi connectivity index (χ0n) is 38.5. The minimum absolute atomic E-state index is 0.0300. The highest BCUT2D eigenvalue weighted by Crippen LogP contribution is 2.39. The van der Waals surface area contributed by atoms with Crippen LogP contribution in [0.15, 0.2) is 126 Å². The predicted octanol–water partition coefficient (Wildman–Crippen LogP) is 10.4. The summed E-state index contributed by atoms with van der Waals surface area (Å²) in [7, 11) is 0.549. The first kappa shape index (κ1) is 55.4. The fourth-order valence-corrected chi connectivity index (χ4v) is 7.44. The molecule has 0 saturated heterocycles. The molecule has 6 aromatic carbocycles. The Labute approximate surface area is 424 Å². The molecule has 0 fully saturated rings. The van der Waals surface area contributed by atoms with Gasteiger partial charge in [-0.05, 0) is 103 Å². The van der Waals surface area contributed by atoms with Crippen LogP contribution in [0, 0.1) is 24.8 Å². The third-order valence-electron chi connectivity index (χ3n) is 11.0. The maximum absolute atomic E-state index is 13.2. The van der Waals surface area contributed by atoms with Crippen LogP contribution in [-0.4, -0.2) is 75.7 Å². The summed E-state index contributed by atoms with van der Waals surface area (Å²) in [5.74, 6) is -1.67. The van der Waals surface area contributed by atoms with Crippen LogP contribution in [0.1, 0.15) is 36.1 Å². The number of nitrogens with zero attached hydrogens (tertiary/aromatic N) is 8. The van der Waals surface area contributed by atoms with Gasteiger partial charge in [-0.15, -0.1) is 10.2 Å². The van der Waals surface area contributed by atoms with Crippen molar-refractivity contribution in [1.29, 1.82) is 0 Å². The van der Waals surface area contributed by atoms with Crippen LogP contribution in [0.4, 0.5) is 46.5 Å². The predicted molar refractivity (Wildman–Crippen MR) is 257 cm³/mol. The van der Waals surface area contributed by atoms with Gasteiger partial charge in [-0.1, -0.05) is 81.0 Å². The molecule has 0 aliphatic rings. The number of aromatic nitrogens is 6. The molecule has 0 amide bonds. The Hall–Kier alpha value is -7.90. The van der Waals surface area contributed by atoms with Gasteiger partial charge in [0.05, 0.1) is 48.4 Å². The third kappa shape index (κ3) is 14.0. The van der Waals surface area contributed by atoms with Crippen molar-refractivity contribution in [2.45, 2.75) is 63.3 Å². The van der Waals surface area contributed by atoms with Crippen LogP contribution >= 0.6 is 15.9 Å². The number of carbonyl (C=O) groups is 2. The van der Waals surface area contributed by atoms with E-state index < -0.39 is 70.5 Å². The van der Waals surface area contributed by atoms with Gasteiger partial charge in [-0.2, -0.15) is 26.3 Å². The van der Waals surface area contributed by atoms with Gasteiger partial charge >= 0.3 is 20.0 Å². The summed E-state index contributed by atoms with van der Waals surface area (Å²) >= 11 is 3.31. The van der Waals surface area contributed by atoms with Gasteiger partial charge in [0.1, 0.15) is 39.6 Å². The molecule has 0 unspecified atom stereocenters. The molecule has 3 N–H and O–H groups in total. The lowest BCUT2D eigenvalue weighted by atomic mass is 9.94. The average molecular weight is 1090 g/mol. The largest absolute Gasteiger partial charge is 0.569 e. The van der Waals surface area contributed by atoms with Gasteiger partial charge in [-0.25, -0.2) is 27.8 Å². The molecule has 1 radical (unpaired) electrons. The van der Waals surface area contributed by atoms with E-state index in [1.54, 1.807) is 48.5 Å². The lowest BCUT2D eigenvalue weighted by Gasteiger charge is -2.22. The van der Waals surface area contributed by atoms with Gasteiger partial charge < -0.3 is 19.9 Å². The van der Waals surface area contributed by atoms with E-state index in [9.17, 15) is 54.9 Å². The van der Waals surface area contributed by atoms with E-state index in [-0.39, 0.29) is 35.9 Å². The molecule has 14 nitrogen and oxygen atoms in total. The fraction of sp³-hybridized carbons (Fsp3) is 0.200. The Morgan fingerprint density at radius 3 is 1.47 bits per heavy atom. The summed E-state index contributed by atoms with van der Waals surface area (Å²) in [5, 5.41) is 45.6. The number of Topliss-reactive ketones (excluding diaryl/α,β-unsaturated/α-hetero) is 2. The second-order valence-electron chi connectivity index (χ2n) is 16.7. The lowest BCUT2D eigenvalue weighted by Crippen LogP contribution is -2.41. The van der Waals surface area contributed by atoms with E-state index >= 15 is 0 Å². The fourth-order valence-electron chi connectivity index (χ4n) is 7.09. The molecule has 0 aliphatic heterocycles. The Kier molecular flexibility index (Phi) is 17.1. The van der Waals surface area contributed by atoms with Crippen LogP contribution in [0.25, 0.3) is 42.9 Å². The van der Waals surface area contributed by atoms with Gasteiger partial charge in [-0.3, -0.25) is 9.59 Å². The molecule has 0 spiro atoms.